The maximum absolute atomic E-state index is 12.3. The van der Waals surface area contributed by atoms with Gasteiger partial charge in [-0.25, -0.2) is 0 Å². The van der Waals surface area contributed by atoms with E-state index in [-0.39, 0.29) is 28.9 Å². The molecule has 1 aliphatic carbocycles. The van der Waals surface area contributed by atoms with Crippen molar-refractivity contribution in [1.82, 2.24) is 5.32 Å². The molecule has 1 aliphatic rings. The van der Waals surface area contributed by atoms with E-state index in [0.717, 1.165) is 25.7 Å². The Labute approximate surface area is 123 Å². The van der Waals surface area contributed by atoms with Gasteiger partial charge in [0.25, 0.3) is 11.6 Å². The van der Waals surface area contributed by atoms with Crippen LogP contribution in [0.5, 0.6) is 0 Å². The molecule has 1 aromatic carbocycles. The first-order chi connectivity index (χ1) is 9.80. The minimum absolute atomic E-state index is 0.0730. The lowest BCUT2D eigenvalue weighted by Gasteiger charge is -2.34. The average Bonchev–Trinajstić information content (AvgIpc) is 2.41. The molecule has 0 heterocycles. The number of hydrogen-bond donors (Lipinski definition) is 2. The van der Waals surface area contributed by atoms with Crippen LogP contribution in [0.1, 0.15) is 49.9 Å². The molecule has 0 bridgehead atoms. The maximum Gasteiger partial charge on any atom is 0.292 e. The minimum Gasteiger partial charge on any atom is -0.393 e. The zero-order chi connectivity index (χ0) is 15.6. The molecule has 3 N–H and O–H groups in total. The maximum atomic E-state index is 12.3. The summed E-state index contributed by atoms with van der Waals surface area (Å²) < 4.78 is 0. The highest BCUT2D eigenvalue weighted by atomic mass is 16.6. The molecular weight excluding hydrogens is 270 g/mol. The van der Waals surface area contributed by atoms with Crippen LogP contribution in [0.4, 0.5) is 11.4 Å². The van der Waals surface area contributed by atoms with Crippen molar-refractivity contribution in [2.75, 3.05) is 5.73 Å². The SMILES string of the molecule is CC1(C)CCC(NC(=O)c2cccc([N+](=O)[O-])c2N)CC1. The molecule has 0 aromatic heterocycles. The summed E-state index contributed by atoms with van der Waals surface area (Å²) in [5.41, 5.74) is 5.93. The van der Waals surface area contributed by atoms with E-state index in [2.05, 4.69) is 19.2 Å². The standard InChI is InChI=1S/C15H21N3O3/c1-15(2)8-6-10(7-9-15)17-14(19)11-4-3-5-12(13(11)16)18(20)21/h3-5,10H,6-9,16H2,1-2H3,(H,17,19). The van der Waals surface area contributed by atoms with Crippen molar-refractivity contribution in [1.29, 1.82) is 0 Å². The molecule has 1 saturated carbocycles. The number of hydrogen-bond acceptors (Lipinski definition) is 4. The van der Waals surface area contributed by atoms with Gasteiger partial charge in [0.1, 0.15) is 5.69 Å². The Morgan fingerprint density at radius 2 is 2.00 bits per heavy atom. The number of nitrogens with two attached hydrogens (primary N) is 1. The van der Waals surface area contributed by atoms with Crippen LogP contribution in [-0.4, -0.2) is 16.9 Å². The van der Waals surface area contributed by atoms with E-state index in [4.69, 9.17) is 5.73 Å². The fourth-order valence-electron chi connectivity index (χ4n) is 2.72. The van der Waals surface area contributed by atoms with Gasteiger partial charge in [-0.05, 0) is 37.2 Å². The molecule has 1 amide bonds. The predicted molar refractivity (Wildman–Crippen MR) is 81.0 cm³/mol. The van der Waals surface area contributed by atoms with Crippen LogP contribution in [0.3, 0.4) is 0 Å². The Bertz CT molecular complexity index is 559. The van der Waals surface area contributed by atoms with Crippen LogP contribution in [0.15, 0.2) is 18.2 Å². The van der Waals surface area contributed by atoms with Crippen molar-refractivity contribution in [2.45, 2.75) is 45.6 Å². The number of nitrogen functional groups attached to an aromatic ring is 1. The van der Waals surface area contributed by atoms with Gasteiger partial charge >= 0.3 is 0 Å². The highest BCUT2D eigenvalue weighted by Crippen LogP contribution is 2.35. The third-order valence-corrected chi connectivity index (χ3v) is 4.20. The topological polar surface area (TPSA) is 98.3 Å². The lowest BCUT2D eigenvalue weighted by atomic mass is 9.75. The van der Waals surface area contributed by atoms with Crippen LogP contribution in [0.2, 0.25) is 0 Å². The van der Waals surface area contributed by atoms with Gasteiger partial charge in [0.05, 0.1) is 10.5 Å². The lowest BCUT2D eigenvalue weighted by Crippen LogP contribution is -2.39. The molecule has 6 nitrogen and oxygen atoms in total. The van der Waals surface area contributed by atoms with E-state index in [1.54, 1.807) is 0 Å². The number of rotatable bonds is 3. The quantitative estimate of drug-likeness (QED) is 0.508. The molecule has 0 unspecified atom stereocenters. The van der Waals surface area contributed by atoms with Crippen molar-refractivity contribution in [3.05, 3.63) is 33.9 Å². The van der Waals surface area contributed by atoms with E-state index < -0.39 is 4.92 Å². The summed E-state index contributed by atoms with van der Waals surface area (Å²) in [7, 11) is 0. The summed E-state index contributed by atoms with van der Waals surface area (Å²) in [6, 6.07) is 4.41. The highest BCUT2D eigenvalue weighted by Gasteiger charge is 2.28. The number of carbonyl (C=O) groups excluding carboxylic acids is 1. The second-order valence-corrected chi connectivity index (χ2v) is 6.41. The number of carbonyl (C=O) groups is 1. The molecule has 1 aromatic rings. The molecule has 0 saturated heterocycles. The Morgan fingerprint density at radius 3 is 2.57 bits per heavy atom. The minimum atomic E-state index is -0.574. The van der Waals surface area contributed by atoms with Gasteiger partial charge < -0.3 is 11.1 Å². The molecule has 6 heteroatoms. The fourth-order valence-corrected chi connectivity index (χ4v) is 2.72. The van der Waals surface area contributed by atoms with Crippen molar-refractivity contribution in [2.24, 2.45) is 5.41 Å². The zero-order valence-corrected chi connectivity index (χ0v) is 12.4. The number of nitrogens with zero attached hydrogens (tertiary/aromatic N) is 1. The van der Waals surface area contributed by atoms with Gasteiger partial charge in [-0.15, -0.1) is 0 Å². The van der Waals surface area contributed by atoms with Crippen molar-refractivity contribution in [3.8, 4) is 0 Å². The summed E-state index contributed by atoms with van der Waals surface area (Å²) >= 11 is 0. The normalized spacial score (nSPS) is 18.2. The Kier molecular flexibility index (Phi) is 4.16. The van der Waals surface area contributed by atoms with Crippen molar-refractivity contribution in [3.63, 3.8) is 0 Å². The van der Waals surface area contributed by atoms with Crippen LogP contribution in [-0.2, 0) is 0 Å². The summed E-state index contributed by atoms with van der Waals surface area (Å²) in [6.07, 6.45) is 3.96. The summed E-state index contributed by atoms with van der Waals surface area (Å²) in [6.45, 7) is 4.45. The summed E-state index contributed by atoms with van der Waals surface area (Å²) in [5, 5.41) is 13.8. The summed E-state index contributed by atoms with van der Waals surface area (Å²) in [5.74, 6) is -0.332. The number of nitro groups is 1. The fraction of sp³-hybridized carbons (Fsp3) is 0.533. The summed E-state index contributed by atoms with van der Waals surface area (Å²) in [4.78, 5) is 22.5. The largest absolute Gasteiger partial charge is 0.393 e. The number of anilines is 1. The number of benzene rings is 1. The second kappa shape index (κ2) is 5.71. The van der Waals surface area contributed by atoms with Gasteiger partial charge in [-0.2, -0.15) is 0 Å². The van der Waals surface area contributed by atoms with Crippen LogP contribution < -0.4 is 11.1 Å². The van der Waals surface area contributed by atoms with Crippen LogP contribution >= 0.6 is 0 Å². The molecule has 2 rings (SSSR count). The first-order valence-corrected chi connectivity index (χ1v) is 7.14. The highest BCUT2D eigenvalue weighted by molar-refractivity contribution is 6.01. The molecule has 21 heavy (non-hydrogen) atoms. The molecule has 0 aliphatic heterocycles. The Balaban J connectivity index is 2.08. The lowest BCUT2D eigenvalue weighted by molar-refractivity contribution is -0.383. The van der Waals surface area contributed by atoms with E-state index in [1.165, 1.54) is 18.2 Å². The zero-order valence-electron chi connectivity index (χ0n) is 12.4. The molecule has 114 valence electrons. The number of nitrogens with one attached hydrogen (secondary N) is 1. The van der Waals surface area contributed by atoms with Gasteiger partial charge in [0, 0.05) is 12.1 Å². The van der Waals surface area contributed by atoms with Gasteiger partial charge in [-0.3, -0.25) is 14.9 Å². The number of amides is 1. The third-order valence-electron chi connectivity index (χ3n) is 4.20. The Hall–Kier alpha value is -2.11. The van der Waals surface area contributed by atoms with Gasteiger partial charge in [0.2, 0.25) is 0 Å². The predicted octanol–water partition coefficient (Wildman–Crippen LogP) is 2.88. The molecule has 1 fully saturated rings. The first kappa shape index (κ1) is 15.3. The second-order valence-electron chi connectivity index (χ2n) is 6.41. The van der Waals surface area contributed by atoms with Crippen molar-refractivity contribution < 1.29 is 9.72 Å². The van der Waals surface area contributed by atoms with E-state index in [1.807, 2.05) is 0 Å². The number of nitro benzene ring substituents is 1. The van der Waals surface area contributed by atoms with E-state index >= 15 is 0 Å². The number of para-hydroxylation sites is 1. The van der Waals surface area contributed by atoms with Gasteiger partial charge in [-0.1, -0.05) is 19.9 Å². The van der Waals surface area contributed by atoms with E-state index in [0.29, 0.717) is 5.41 Å². The average molecular weight is 291 g/mol. The van der Waals surface area contributed by atoms with Crippen molar-refractivity contribution >= 4 is 17.3 Å². The molecular formula is C15H21N3O3. The van der Waals surface area contributed by atoms with Gasteiger partial charge in [0.15, 0.2) is 0 Å². The first-order valence-electron chi connectivity index (χ1n) is 7.14. The smallest absolute Gasteiger partial charge is 0.292 e. The monoisotopic (exact) mass is 291 g/mol. The van der Waals surface area contributed by atoms with Crippen LogP contribution in [0, 0.1) is 15.5 Å². The molecule has 0 atom stereocenters. The molecule has 0 radical (unpaired) electrons. The third kappa shape index (κ3) is 3.51. The Morgan fingerprint density at radius 1 is 1.38 bits per heavy atom. The molecule has 0 spiro atoms. The van der Waals surface area contributed by atoms with E-state index in [9.17, 15) is 14.9 Å². The van der Waals surface area contributed by atoms with Crippen LogP contribution in [0.25, 0.3) is 0 Å².